The molecule has 2 unspecified atom stereocenters. The fourth-order valence-electron chi connectivity index (χ4n) is 3.04. The molecule has 3 heterocycles. The molecule has 1 aromatic heterocycles. The Kier molecular flexibility index (Phi) is 2.83. The second-order valence-electron chi connectivity index (χ2n) is 5.09. The maximum Gasteiger partial charge on any atom is 0.356 e. The first kappa shape index (κ1) is 11.7. The summed E-state index contributed by atoms with van der Waals surface area (Å²) in [7, 11) is 0. The predicted octanol–water partition coefficient (Wildman–Crippen LogP) is 0.452. The van der Waals surface area contributed by atoms with Gasteiger partial charge in [-0.2, -0.15) is 0 Å². The molecule has 3 rings (SSSR count). The van der Waals surface area contributed by atoms with Crippen molar-refractivity contribution in [1.29, 1.82) is 0 Å². The molecule has 1 fully saturated rings. The first-order valence-corrected chi connectivity index (χ1v) is 6.49. The quantitative estimate of drug-likeness (QED) is 0.708. The van der Waals surface area contributed by atoms with E-state index in [0.717, 1.165) is 50.3 Å². The molecule has 0 radical (unpaired) electrons. The lowest BCUT2D eigenvalue weighted by Crippen LogP contribution is -2.28. The van der Waals surface area contributed by atoms with Gasteiger partial charge in [-0.3, -0.25) is 0 Å². The summed E-state index contributed by atoms with van der Waals surface area (Å²) in [5, 5.41) is 12.5. The van der Waals surface area contributed by atoms with Crippen molar-refractivity contribution >= 4 is 5.97 Å². The summed E-state index contributed by atoms with van der Waals surface area (Å²) in [6.45, 7) is 1.83. The van der Waals surface area contributed by atoms with Gasteiger partial charge >= 0.3 is 5.97 Å². The Morgan fingerprint density at radius 2 is 2.33 bits per heavy atom. The topological polar surface area (TPSA) is 93.2 Å². The molecule has 1 aromatic rings. The zero-order chi connectivity index (χ0) is 12.7. The zero-order valence-corrected chi connectivity index (χ0v) is 10.2. The number of hydrogen-bond acceptors (Lipinski definition) is 4. The fourth-order valence-corrected chi connectivity index (χ4v) is 3.04. The van der Waals surface area contributed by atoms with Gasteiger partial charge in [-0.1, -0.05) is 0 Å². The van der Waals surface area contributed by atoms with Crippen LogP contribution < -0.4 is 11.1 Å². The molecule has 2 aliphatic heterocycles. The van der Waals surface area contributed by atoms with Crippen LogP contribution in [-0.2, 0) is 6.42 Å². The van der Waals surface area contributed by atoms with Gasteiger partial charge in [0.1, 0.15) is 5.82 Å². The Hall–Kier alpha value is -1.40. The first-order valence-electron chi connectivity index (χ1n) is 6.49. The molecule has 0 spiro atoms. The molecular weight excluding hydrogens is 232 g/mol. The highest BCUT2D eigenvalue weighted by Gasteiger charge is 2.32. The number of rotatable bonds is 2. The lowest BCUT2D eigenvalue weighted by Gasteiger charge is -2.25. The molecule has 6 heteroatoms. The van der Waals surface area contributed by atoms with E-state index in [0.29, 0.717) is 5.92 Å². The summed E-state index contributed by atoms with van der Waals surface area (Å²) in [4.78, 5) is 15.6. The van der Waals surface area contributed by atoms with Crippen LogP contribution in [0, 0.1) is 0 Å². The Bertz CT molecular complexity index is 477. The second-order valence-corrected chi connectivity index (χ2v) is 5.09. The van der Waals surface area contributed by atoms with Crippen molar-refractivity contribution in [2.24, 2.45) is 5.73 Å². The second kappa shape index (κ2) is 4.37. The normalized spacial score (nSPS) is 27.2. The number of fused-ring (bicyclic) bond motifs is 1. The van der Waals surface area contributed by atoms with Crippen molar-refractivity contribution in [1.82, 2.24) is 14.9 Å². The average Bonchev–Trinajstić information content (AvgIpc) is 2.95. The van der Waals surface area contributed by atoms with E-state index in [1.165, 1.54) is 0 Å². The molecule has 1 saturated heterocycles. The maximum absolute atomic E-state index is 11.3. The van der Waals surface area contributed by atoms with Gasteiger partial charge in [0.15, 0.2) is 5.69 Å². The van der Waals surface area contributed by atoms with Crippen LogP contribution in [-0.4, -0.2) is 33.7 Å². The summed E-state index contributed by atoms with van der Waals surface area (Å²) in [5.41, 5.74) is 7.15. The van der Waals surface area contributed by atoms with Crippen LogP contribution in [0.4, 0.5) is 0 Å². The van der Waals surface area contributed by atoms with Crippen molar-refractivity contribution < 1.29 is 9.90 Å². The van der Waals surface area contributed by atoms with Gasteiger partial charge < -0.3 is 20.7 Å². The average molecular weight is 250 g/mol. The van der Waals surface area contributed by atoms with E-state index in [1.807, 2.05) is 4.57 Å². The van der Waals surface area contributed by atoms with Crippen LogP contribution in [0.25, 0.3) is 0 Å². The Labute approximate surface area is 105 Å². The standard InChI is InChI=1S/C12H18N4O2/c13-9-3-1-2-8-10(12(17)18)15-11(16(8)9)7-4-5-14-6-7/h7,9,14H,1-6,13H2,(H,17,18). The largest absolute Gasteiger partial charge is 0.476 e. The number of carboxylic acid groups (broad SMARTS) is 1. The smallest absolute Gasteiger partial charge is 0.356 e. The van der Waals surface area contributed by atoms with Crippen LogP contribution in [0.2, 0.25) is 0 Å². The van der Waals surface area contributed by atoms with E-state index >= 15 is 0 Å². The third kappa shape index (κ3) is 1.72. The molecule has 0 amide bonds. The first-order chi connectivity index (χ1) is 8.68. The zero-order valence-electron chi connectivity index (χ0n) is 10.2. The molecule has 6 nitrogen and oxygen atoms in total. The number of imidazole rings is 1. The Morgan fingerprint density at radius 1 is 1.50 bits per heavy atom. The Balaban J connectivity index is 2.10. The molecule has 2 aliphatic rings. The molecule has 0 saturated carbocycles. The van der Waals surface area contributed by atoms with Crippen molar-refractivity contribution in [2.75, 3.05) is 13.1 Å². The van der Waals surface area contributed by atoms with Gasteiger partial charge in [0.05, 0.1) is 11.9 Å². The van der Waals surface area contributed by atoms with Gasteiger partial charge in [-0.25, -0.2) is 9.78 Å². The summed E-state index contributed by atoms with van der Waals surface area (Å²) >= 11 is 0. The number of nitrogens with zero attached hydrogens (tertiary/aromatic N) is 2. The molecular formula is C12H18N4O2. The van der Waals surface area contributed by atoms with E-state index in [1.54, 1.807) is 0 Å². The van der Waals surface area contributed by atoms with E-state index < -0.39 is 5.97 Å². The minimum atomic E-state index is -0.940. The van der Waals surface area contributed by atoms with Gasteiger partial charge in [-0.15, -0.1) is 0 Å². The number of nitrogens with one attached hydrogen (secondary N) is 1. The van der Waals surface area contributed by atoms with Crippen molar-refractivity contribution in [3.63, 3.8) is 0 Å². The van der Waals surface area contributed by atoms with E-state index in [4.69, 9.17) is 5.73 Å². The summed E-state index contributed by atoms with van der Waals surface area (Å²) in [6, 6.07) is 0. The van der Waals surface area contributed by atoms with Gasteiger partial charge in [0.2, 0.25) is 0 Å². The fraction of sp³-hybridized carbons (Fsp3) is 0.667. The summed E-state index contributed by atoms with van der Waals surface area (Å²) in [6.07, 6.45) is 3.49. The maximum atomic E-state index is 11.3. The molecule has 2 atom stereocenters. The summed E-state index contributed by atoms with van der Waals surface area (Å²) in [5.74, 6) is 0.214. The van der Waals surface area contributed by atoms with E-state index in [2.05, 4.69) is 10.3 Å². The summed E-state index contributed by atoms with van der Waals surface area (Å²) < 4.78 is 1.98. The van der Waals surface area contributed by atoms with Gasteiger partial charge in [0, 0.05) is 12.5 Å². The van der Waals surface area contributed by atoms with Crippen LogP contribution >= 0.6 is 0 Å². The highest BCUT2D eigenvalue weighted by molar-refractivity contribution is 5.87. The molecule has 4 N–H and O–H groups in total. The van der Waals surface area contributed by atoms with Gasteiger partial charge in [0.25, 0.3) is 0 Å². The molecule has 18 heavy (non-hydrogen) atoms. The molecule has 0 aromatic carbocycles. The number of carbonyl (C=O) groups is 1. The van der Waals surface area contributed by atoms with Gasteiger partial charge in [-0.05, 0) is 32.2 Å². The SMILES string of the molecule is NC1CCCc2c(C(=O)O)nc(C3CCNC3)n21. The third-order valence-electron chi connectivity index (χ3n) is 3.91. The monoisotopic (exact) mass is 250 g/mol. The number of carboxylic acids is 1. The van der Waals surface area contributed by atoms with Crippen molar-refractivity contribution in [2.45, 2.75) is 37.8 Å². The predicted molar refractivity (Wildman–Crippen MR) is 65.6 cm³/mol. The highest BCUT2D eigenvalue weighted by atomic mass is 16.4. The number of aromatic nitrogens is 2. The van der Waals surface area contributed by atoms with Crippen LogP contribution in [0.1, 0.15) is 53.4 Å². The van der Waals surface area contributed by atoms with Crippen LogP contribution in [0.5, 0.6) is 0 Å². The van der Waals surface area contributed by atoms with Crippen LogP contribution in [0.15, 0.2) is 0 Å². The van der Waals surface area contributed by atoms with Crippen molar-refractivity contribution in [3.8, 4) is 0 Å². The lowest BCUT2D eigenvalue weighted by atomic mass is 10.0. The number of nitrogens with two attached hydrogens (primary N) is 1. The molecule has 0 bridgehead atoms. The van der Waals surface area contributed by atoms with E-state index in [-0.39, 0.29) is 11.9 Å². The Morgan fingerprint density at radius 3 is 3.00 bits per heavy atom. The highest BCUT2D eigenvalue weighted by Crippen LogP contribution is 2.31. The van der Waals surface area contributed by atoms with Crippen LogP contribution in [0.3, 0.4) is 0 Å². The lowest BCUT2D eigenvalue weighted by molar-refractivity contribution is 0.0689. The molecule has 98 valence electrons. The minimum Gasteiger partial charge on any atom is -0.476 e. The van der Waals surface area contributed by atoms with E-state index in [9.17, 15) is 9.90 Å². The van der Waals surface area contributed by atoms with Crippen molar-refractivity contribution in [3.05, 3.63) is 17.2 Å². The third-order valence-corrected chi connectivity index (χ3v) is 3.91. The molecule has 0 aliphatic carbocycles. The number of aromatic carboxylic acids is 1. The minimum absolute atomic E-state index is 0.120. The number of hydrogen-bond donors (Lipinski definition) is 3.